The number of nitriles is 2. The summed E-state index contributed by atoms with van der Waals surface area (Å²) in [5.41, 5.74) is 7.83. The van der Waals surface area contributed by atoms with Gasteiger partial charge in [0.25, 0.3) is 0 Å². The molecule has 9 heteroatoms. The number of rotatable bonds is 5. The SMILES string of the molecule is CC1NN([C@]2(CC#N)C[C@@H](CC#N)C2)C=C1c1nc(-c2cnn(C)c2)cn2nccc12. The van der Waals surface area contributed by atoms with Crippen LogP contribution in [-0.4, -0.2) is 41.0 Å². The van der Waals surface area contributed by atoms with Crippen molar-refractivity contribution in [1.82, 2.24) is 34.8 Å². The average Bonchev–Trinajstić information content (AvgIpc) is 3.45. The molecule has 3 aromatic rings. The summed E-state index contributed by atoms with van der Waals surface area (Å²) < 4.78 is 3.60. The van der Waals surface area contributed by atoms with E-state index in [1.165, 1.54) is 0 Å². The molecule has 0 bridgehead atoms. The summed E-state index contributed by atoms with van der Waals surface area (Å²) in [6.45, 7) is 2.10. The lowest BCUT2D eigenvalue weighted by Gasteiger charge is -2.51. The van der Waals surface area contributed by atoms with Gasteiger partial charge in [-0.05, 0) is 31.7 Å². The van der Waals surface area contributed by atoms with Crippen molar-refractivity contribution in [1.29, 1.82) is 10.5 Å². The van der Waals surface area contributed by atoms with Crippen LogP contribution in [0.3, 0.4) is 0 Å². The zero-order valence-corrected chi connectivity index (χ0v) is 17.5. The standard InChI is InChI=1S/C22H23N9/c1-15-18(13-31(28-15)22(5-7-24)9-16(10-22)3-6-23)21-20-4-8-25-30(20)14-19(27-21)17-11-26-29(2)12-17/h4,8,11-16,28H,3,5,9-10H2,1-2H3/t15?,16-,22-. The lowest BCUT2D eigenvalue weighted by molar-refractivity contribution is -0.0165. The molecule has 31 heavy (non-hydrogen) atoms. The van der Waals surface area contributed by atoms with Crippen molar-refractivity contribution < 1.29 is 0 Å². The number of hydrazine groups is 1. The fraction of sp³-hybridized carbons (Fsp3) is 0.409. The lowest BCUT2D eigenvalue weighted by atomic mass is 9.65. The molecule has 0 spiro atoms. The summed E-state index contributed by atoms with van der Waals surface area (Å²) in [4.78, 5) is 4.98. The van der Waals surface area contributed by atoms with Crippen LogP contribution < -0.4 is 5.43 Å². The molecule has 1 fully saturated rings. The molecule has 0 aromatic carbocycles. The van der Waals surface area contributed by atoms with E-state index < -0.39 is 0 Å². The molecule has 9 nitrogen and oxygen atoms in total. The van der Waals surface area contributed by atoms with E-state index in [2.05, 4.69) is 45.9 Å². The predicted octanol–water partition coefficient (Wildman–Crippen LogP) is 2.66. The van der Waals surface area contributed by atoms with Gasteiger partial charge in [-0.2, -0.15) is 20.7 Å². The summed E-state index contributed by atoms with van der Waals surface area (Å²) in [6.07, 6.45) is 12.1. The van der Waals surface area contributed by atoms with E-state index in [-0.39, 0.29) is 11.6 Å². The van der Waals surface area contributed by atoms with E-state index >= 15 is 0 Å². The fourth-order valence-corrected chi connectivity index (χ4v) is 4.80. The van der Waals surface area contributed by atoms with Crippen LogP contribution in [0.15, 0.2) is 37.1 Å². The van der Waals surface area contributed by atoms with Crippen molar-refractivity contribution in [2.75, 3.05) is 0 Å². The molecule has 2 aliphatic rings. The number of fused-ring (bicyclic) bond motifs is 1. The molecule has 0 radical (unpaired) electrons. The smallest absolute Gasteiger partial charge is 0.0958 e. The molecular weight excluding hydrogens is 390 g/mol. The van der Waals surface area contributed by atoms with E-state index in [9.17, 15) is 5.26 Å². The Morgan fingerprint density at radius 3 is 2.77 bits per heavy atom. The Morgan fingerprint density at radius 1 is 1.23 bits per heavy atom. The number of hydrogen-bond acceptors (Lipinski definition) is 7. The minimum atomic E-state index is -0.274. The molecule has 1 atom stereocenters. The van der Waals surface area contributed by atoms with Crippen LogP contribution in [0.25, 0.3) is 22.3 Å². The van der Waals surface area contributed by atoms with Gasteiger partial charge in [0.1, 0.15) is 0 Å². The van der Waals surface area contributed by atoms with E-state index in [4.69, 9.17) is 10.2 Å². The zero-order chi connectivity index (χ0) is 21.6. The third-order valence-corrected chi connectivity index (χ3v) is 6.37. The monoisotopic (exact) mass is 413 g/mol. The molecule has 1 aliphatic heterocycles. The second-order valence-electron chi connectivity index (χ2n) is 8.54. The Morgan fingerprint density at radius 2 is 2.06 bits per heavy atom. The zero-order valence-electron chi connectivity index (χ0n) is 17.5. The van der Waals surface area contributed by atoms with Gasteiger partial charge in [-0.1, -0.05) is 0 Å². The number of aromatic nitrogens is 5. The maximum Gasteiger partial charge on any atom is 0.0958 e. The maximum atomic E-state index is 9.45. The van der Waals surface area contributed by atoms with E-state index in [0.717, 1.165) is 40.9 Å². The summed E-state index contributed by atoms with van der Waals surface area (Å²) >= 11 is 0. The second-order valence-corrected chi connectivity index (χ2v) is 8.54. The second kappa shape index (κ2) is 7.22. The first kappa shape index (κ1) is 19.3. The Hall–Kier alpha value is -3.69. The molecule has 0 amide bonds. The van der Waals surface area contributed by atoms with Crippen LogP contribution in [0.4, 0.5) is 0 Å². The Bertz CT molecular complexity index is 1250. The van der Waals surface area contributed by atoms with Crippen molar-refractivity contribution in [2.24, 2.45) is 13.0 Å². The summed E-state index contributed by atoms with van der Waals surface area (Å²) in [5.74, 6) is 0.349. The van der Waals surface area contributed by atoms with E-state index in [0.29, 0.717) is 18.8 Å². The molecule has 156 valence electrons. The van der Waals surface area contributed by atoms with Gasteiger partial charge in [0, 0.05) is 37.0 Å². The third-order valence-electron chi connectivity index (χ3n) is 6.37. The largest absolute Gasteiger partial charge is 0.308 e. The molecule has 0 saturated heterocycles. The van der Waals surface area contributed by atoms with Crippen LogP contribution in [0.5, 0.6) is 0 Å². The topological polar surface area (TPSA) is 111 Å². The summed E-state index contributed by atoms with van der Waals surface area (Å²) in [7, 11) is 1.88. The lowest BCUT2D eigenvalue weighted by Crippen LogP contribution is -2.59. The van der Waals surface area contributed by atoms with Crippen molar-refractivity contribution in [3.63, 3.8) is 0 Å². The third kappa shape index (κ3) is 3.15. The van der Waals surface area contributed by atoms with Gasteiger partial charge in [-0.3, -0.25) is 4.68 Å². The summed E-state index contributed by atoms with van der Waals surface area (Å²) in [5, 5.41) is 29.3. The molecule has 1 unspecified atom stereocenters. The minimum Gasteiger partial charge on any atom is -0.308 e. The van der Waals surface area contributed by atoms with Crippen molar-refractivity contribution in [3.05, 3.63) is 42.7 Å². The van der Waals surface area contributed by atoms with Gasteiger partial charge in [0.05, 0.1) is 65.6 Å². The highest BCUT2D eigenvalue weighted by atomic mass is 15.6. The van der Waals surface area contributed by atoms with Gasteiger partial charge < -0.3 is 5.01 Å². The average molecular weight is 413 g/mol. The number of nitrogens with zero attached hydrogens (tertiary/aromatic N) is 8. The van der Waals surface area contributed by atoms with Gasteiger partial charge in [0.15, 0.2) is 0 Å². The molecule has 5 rings (SSSR count). The van der Waals surface area contributed by atoms with Gasteiger partial charge in [0.2, 0.25) is 0 Å². The van der Waals surface area contributed by atoms with Crippen LogP contribution in [0, 0.1) is 28.6 Å². The first-order valence-electron chi connectivity index (χ1n) is 10.4. The van der Waals surface area contributed by atoms with Crippen molar-refractivity contribution in [3.8, 4) is 23.4 Å². The molecule has 4 heterocycles. The number of hydrogen-bond donors (Lipinski definition) is 1. The van der Waals surface area contributed by atoms with Crippen LogP contribution in [0.1, 0.15) is 38.3 Å². The maximum absolute atomic E-state index is 9.45. The normalized spacial score (nSPS) is 25.2. The summed E-state index contributed by atoms with van der Waals surface area (Å²) in [6, 6.07) is 6.60. The van der Waals surface area contributed by atoms with Crippen molar-refractivity contribution >= 4 is 11.1 Å². The number of nitrogens with one attached hydrogen (secondary N) is 1. The predicted molar refractivity (Wildman–Crippen MR) is 114 cm³/mol. The highest BCUT2D eigenvalue weighted by Gasteiger charge is 2.49. The minimum absolute atomic E-state index is 0.0286. The van der Waals surface area contributed by atoms with Crippen LogP contribution in [0.2, 0.25) is 0 Å². The highest BCUT2D eigenvalue weighted by molar-refractivity contribution is 5.80. The first-order valence-corrected chi connectivity index (χ1v) is 10.4. The molecule has 1 N–H and O–H groups in total. The molecule has 1 aliphatic carbocycles. The fourth-order valence-electron chi connectivity index (χ4n) is 4.80. The Labute approximate surface area is 180 Å². The molecule has 1 saturated carbocycles. The van der Waals surface area contributed by atoms with E-state index in [1.54, 1.807) is 17.1 Å². The quantitative estimate of drug-likeness (QED) is 0.684. The number of aryl methyl sites for hydroxylation is 1. The molecular formula is C22H23N9. The van der Waals surface area contributed by atoms with Gasteiger partial charge in [-0.15, -0.1) is 0 Å². The highest BCUT2D eigenvalue weighted by Crippen LogP contribution is 2.47. The Kier molecular flexibility index (Phi) is 4.49. The van der Waals surface area contributed by atoms with Gasteiger partial charge in [-0.25, -0.2) is 14.9 Å². The Balaban J connectivity index is 1.55. The van der Waals surface area contributed by atoms with Crippen LogP contribution >= 0.6 is 0 Å². The molecule has 3 aromatic heterocycles. The van der Waals surface area contributed by atoms with E-state index in [1.807, 2.05) is 30.0 Å². The first-order chi connectivity index (χ1) is 15.0. The van der Waals surface area contributed by atoms with Crippen LogP contribution in [-0.2, 0) is 7.05 Å². The van der Waals surface area contributed by atoms with Gasteiger partial charge >= 0.3 is 0 Å². The van der Waals surface area contributed by atoms with Crippen molar-refractivity contribution in [2.45, 2.75) is 44.2 Å².